The van der Waals surface area contributed by atoms with Gasteiger partial charge in [-0.05, 0) is 37.3 Å². The van der Waals surface area contributed by atoms with E-state index in [1.807, 2.05) is 0 Å². The standard InChI is InChI=1S/C13H10N2O4S/c1-8-6-7-14-12(11(8)15(18)19)20-10-4-2-9(3-5-10)13(16)17/h2-7H,1H3,(H,16,17). The topological polar surface area (TPSA) is 93.3 Å². The van der Waals surface area contributed by atoms with Gasteiger partial charge >= 0.3 is 11.7 Å². The number of aromatic nitrogens is 1. The molecule has 0 saturated carbocycles. The van der Waals surface area contributed by atoms with E-state index in [1.165, 1.54) is 18.3 Å². The van der Waals surface area contributed by atoms with Gasteiger partial charge in [-0.15, -0.1) is 0 Å². The van der Waals surface area contributed by atoms with E-state index in [2.05, 4.69) is 4.98 Å². The minimum Gasteiger partial charge on any atom is -0.478 e. The van der Waals surface area contributed by atoms with Gasteiger partial charge in [0, 0.05) is 16.7 Å². The molecule has 7 heteroatoms. The largest absolute Gasteiger partial charge is 0.478 e. The molecule has 0 aliphatic heterocycles. The van der Waals surface area contributed by atoms with E-state index in [1.54, 1.807) is 25.1 Å². The minimum absolute atomic E-state index is 0.0280. The van der Waals surface area contributed by atoms with Gasteiger partial charge in [0.25, 0.3) is 0 Å². The molecule has 0 aliphatic rings. The Hall–Kier alpha value is -2.41. The molecular weight excluding hydrogens is 280 g/mol. The summed E-state index contributed by atoms with van der Waals surface area (Å²) in [5.41, 5.74) is 0.676. The predicted octanol–water partition coefficient (Wildman–Crippen LogP) is 3.15. The SMILES string of the molecule is Cc1ccnc(Sc2ccc(C(=O)O)cc2)c1[N+](=O)[O-]. The van der Waals surface area contributed by atoms with Gasteiger partial charge in [0.15, 0.2) is 5.03 Å². The number of hydrogen-bond acceptors (Lipinski definition) is 5. The number of carboxylic acid groups (broad SMARTS) is 1. The van der Waals surface area contributed by atoms with Crippen molar-refractivity contribution in [2.75, 3.05) is 0 Å². The van der Waals surface area contributed by atoms with Gasteiger partial charge in [-0.25, -0.2) is 9.78 Å². The fourth-order valence-electron chi connectivity index (χ4n) is 1.60. The summed E-state index contributed by atoms with van der Waals surface area (Å²) >= 11 is 1.13. The van der Waals surface area contributed by atoms with E-state index in [-0.39, 0.29) is 16.3 Å². The second-order valence-corrected chi connectivity index (χ2v) is 5.03. The van der Waals surface area contributed by atoms with Gasteiger partial charge in [-0.3, -0.25) is 10.1 Å². The van der Waals surface area contributed by atoms with Crippen molar-refractivity contribution in [2.24, 2.45) is 0 Å². The first-order valence-electron chi connectivity index (χ1n) is 5.60. The van der Waals surface area contributed by atoms with Gasteiger partial charge in [0.2, 0.25) is 0 Å². The molecule has 0 aliphatic carbocycles. The van der Waals surface area contributed by atoms with Crippen LogP contribution in [0.2, 0.25) is 0 Å². The van der Waals surface area contributed by atoms with Crippen LogP contribution in [-0.2, 0) is 0 Å². The fourth-order valence-corrected chi connectivity index (χ4v) is 2.54. The van der Waals surface area contributed by atoms with Crippen LogP contribution in [0.4, 0.5) is 5.69 Å². The molecule has 1 aromatic heterocycles. The molecule has 2 aromatic rings. The highest BCUT2D eigenvalue weighted by Crippen LogP contribution is 2.34. The van der Waals surface area contributed by atoms with Crippen LogP contribution in [0, 0.1) is 17.0 Å². The van der Waals surface area contributed by atoms with Gasteiger partial charge < -0.3 is 5.11 Å². The molecule has 1 heterocycles. The Bertz CT molecular complexity index is 671. The summed E-state index contributed by atoms with van der Waals surface area (Å²) in [6, 6.07) is 7.68. The number of carbonyl (C=O) groups is 1. The predicted molar refractivity (Wildman–Crippen MR) is 73.2 cm³/mol. The maximum Gasteiger partial charge on any atom is 0.335 e. The van der Waals surface area contributed by atoms with Crippen molar-refractivity contribution >= 4 is 23.4 Å². The monoisotopic (exact) mass is 290 g/mol. The number of aromatic carboxylic acids is 1. The van der Waals surface area contributed by atoms with E-state index in [0.717, 1.165) is 11.8 Å². The van der Waals surface area contributed by atoms with Crippen molar-refractivity contribution in [3.63, 3.8) is 0 Å². The van der Waals surface area contributed by atoms with Crippen LogP contribution >= 0.6 is 11.8 Å². The molecule has 0 bridgehead atoms. The number of aryl methyl sites for hydroxylation is 1. The third kappa shape index (κ3) is 2.94. The molecule has 102 valence electrons. The van der Waals surface area contributed by atoms with Crippen LogP contribution in [0.3, 0.4) is 0 Å². The maximum absolute atomic E-state index is 11.1. The Kier molecular flexibility index (Phi) is 3.99. The lowest BCUT2D eigenvalue weighted by Gasteiger charge is -2.04. The molecule has 0 radical (unpaired) electrons. The van der Waals surface area contributed by atoms with Crippen LogP contribution in [0.1, 0.15) is 15.9 Å². The van der Waals surface area contributed by atoms with E-state index in [9.17, 15) is 14.9 Å². The van der Waals surface area contributed by atoms with E-state index in [4.69, 9.17) is 5.11 Å². The molecule has 2 rings (SSSR count). The Morgan fingerprint density at radius 3 is 2.50 bits per heavy atom. The second-order valence-electron chi connectivity index (χ2n) is 3.97. The summed E-state index contributed by atoms with van der Waals surface area (Å²) in [4.78, 5) is 26.0. The fraction of sp³-hybridized carbons (Fsp3) is 0.0769. The minimum atomic E-state index is -1.01. The van der Waals surface area contributed by atoms with E-state index in [0.29, 0.717) is 10.5 Å². The summed E-state index contributed by atoms with van der Waals surface area (Å²) < 4.78 is 0. The third-order valence-corrected chi connectivity index (χ3v) is 3.59. The molecule has 0 saturated heterocycles. The summed E-state index contributed by atoms with van der Waals surface area (Å²) in [5.74, 6) is -1.01. The molecule has 0 unspecified atom stereocenters. The van der Waals surface area contributed by atoms with E-state index >= 15 is 0 Å². The molecule has 0 spiro atoms. The van der Waals surface area contributed by atoms with Crippen molar-refractivity contribution in [1.82, 2.24) is 4.98 Å². The Morgan fingerprint density at radius 1 is 1.30 bits per heavy atom. The van der Waals surface area contributed by atoms with Crippen molar-refractivity contribution in [3.05, 3.63) is 57.8 Å². The number of benzene rings is 1. The van der Waals surface area contributed by atoms with Crippen molar-refractivity contribution in [1.29, 1.82) is 0 Å². The summed E-state index contributed by atoms with van der Waals surface area (Å²) in [7, 11) is 0. The number of carboxylic acids is 1. The van der Waals surface area contributed by atoms with Crippen molar-refractivity contribution < 1.29 is 14.8 Å². The normalized spacial score (nSPS) is 10.2. The summed E-state index contributed by atoms with van der Waals surface area (Å²) in [5, 5.41) is 20.2. The van der Waals surface area contributed by atoms with Crippen LogP contribution in [0.15, 0.2) is 46.5 Å². The summed E-state index contributed by atoms with van der Waals surface area (Å²) in [6.07, 6.45) is 1.51. The molecule has 6 nitrogen and oxygen atoms in total. The number of pyridine rings is 1. The number of nitro groups is 1. The van der Waals surface area contributed by atoms with E-state index < -0.39 is 10.9 Å². The molecule has 0 atom stereocenters. The Labute approximate surface area is 118 Å². The highest BCUT2D eigenvalue weighted by Gasteiger charge is 2.19. The molecule has 0 fully saturated rings. The number of rotatable bonds is 4. The number of nitrogens with zero attached hydrogens (tertiary/aromatic N) is 2. The number of hydrogen-bond donors (Lipinski definition) is 1. The van der Waals surface area contributed by atoms with Crippen LogP contribution in [-0.4, -0.2) is 21.0 Å². The zero-order chi connectivity index (χ0) is 14.7. The molecule has 0 amide bonds. The molecular formula is C13H10N2O4S. The van der Waals surface area contributed by atoms with Crippen LogP contribution < -0.4 is 0 Å². The Morgan fingerprint density at radius 2 is 1.95 bits per heavy atom. The smallest absolute Gasteiger partial charge is 0.335 e. The molecule has 20 heavy (non-hydrogen) atoms. The maximum atomic E-state index is 11.1. The summed E-state index contributed by atoms with van der Waals surface area (Å²) in [6.45, 7) is 1.65. The first-order valence-corrected chi connectivity index (χ1v) is 6.42. The molecule has 1 aromatic carbocycles. The highest BCUT2D eigenvalue weighted by atomic mass is 32.2. The van der Waals surface area contributed by atoms with Gasteiger partial charge in [-0.2, -0.15) is 0 Å². The zero-order valence-corrected chi connectivity index (χ0v) is 11.3. The average Bonchev–Trinajstić information content (AvgIpc) is 2.39. The lowest BCUT2D eigenvalue weighted by atomic mass is 10.2. The first-order chi connectivity index (χ1) is 9.49. The van der Waals surface area contributed by atoms with Crippen LogP contribution in [0.5, 0.6) is 0 Å². The van der Waals surface area contributed by atoms with Crippen molar-refractivity contribution in [3.8, 4) is 0 Å². The van der Waals surface area contributed by atoms with Crippen LogP contribution in [0.25, 0.3) is 0 Å². The second kappa shape index (κ2) is 5.70. The van der Waals surface area contributed by atoms with Gasteiger partial charge in [-0.1, -0.05) is 11.8 Å². The average molecular weight is 290 g/mol. The lowest BCUT2D eigenvalue weighted by molar-refractivity contribution is -0.388. The van der Waals surface area contributed by atoms with Gasteiger partial charge in [0.1, 0.15) is 0 Å². The first kappa shape index (κ1) is 14.0. The lowest BCUT2D eigenvalue weighted by Crippen LogP contribution is -1.97. The zero-order valence-electron chi connectivity index (χ0n) is 10.4. The quantitative estimate of drug-likeness (QED) is 0.686. The third-order valence-electron chi connectivity index (χ3n) is 2.59. The Balaban J connectivity index is 2.33. The highest BCUT2D eigenvalue weighted by molar-refractivity contribution is 7.99. The van der Waals surface area contributed by atoms with Gasteiger partial charge in [0.05, 0.1) is 10.5 Å². The molecule has 1 N–H and O–H groups in total. The van der Waals surface area contributed by atoms with Crippen molar-refractivity contribution in [2.45, 2.75) is 16.8 Å².